The number of nitrogens with zero attached hydrogens (tertiary/aromatic N) is 6. The highest BCUT2D eigenvalue weighted by atomic mass is 32.2. The summed E-state index contributed by atoms with van der Waals surface area (Å²) in [6.45, 7) is 20.5. The largest absolute Gasteiger partial charge is 0.364 e. The minimum atomic E-state index is -0.0133. The molecule has 3 rings (SSSR count). The van der Waals surface area contributed by atoms with E-state index in [1.165, 1.54) is 73.6 Å². The number of fused-ring (bicyclic) bond motifs is 3. The predicted octanol–water partition coefficient (Wildman–Crippen LogP) is 12.6. The summed E-state index contributed by atoms with van der Waals surface area (Å²) in [5, 5.41) is 0. The average molecular weight is 1040 g/mol. The lowest BCUT2D eigenvalue weighted by Gasteiger charge is -2.35. The van der Waals surface area contributed by atoms with Gasteiger partial charge in [-0.05, 0) is 83.0 Å². The summed E-state index contributed by atoms with van der Waals surface area (Å²) in [5.41, 5.74) is 9.05. The van der Waals surface area contributed by atoms with Gasteiger partial charge >= 0.3 is 0 Å². The van der Waals surface area contributed by atoms with E-state index < -0.39 is 0 Å². The quantitative estimate of drug-likeness (QED) is 0.0735. The van der Waals surface area contributed by atoms with Crippen molar-refractivity contribution in [3.05, 3.63) is 58.7 Å². The normalized spacial score (nSPS) is 13.2. The van der Waals surface area contributed by atoms with Crippen LogP contribution in [-0.2, 0) is 16.2 Å². The van der Waals surface area contributed by atoms with Crippen LogP contribution in [0, 0.1) is 0 Å². The van der Waals surface area contributed by atoms with E-state index in [4.69, 9.17) is 48.9 Å². The molecule has 65 heavy (non-hydrogen) atoms. The monoisotopic (exact) mass is 1040 g/mol. The van der Waals surface area contributed by atoms with E-state index in [0.717, 1.165) is 79.6 Å². The van der Waals surface area contributed by atoms with Gasteiger partial charge in [0.15, 0.2) is 0 Å². The summed E-state index contributed by atoms with van der Waals surface area (Å²) in [4.78, 5) is 13.5. The van der Waals surface area contributed by atoms with Gasteiger partial charge < -0.3 is 29.4 Å². The molecule has 0 heterocycles. The van der Waals surface area contributed by atoms with Gasteiger partial charge in [0.1, 0.15) is 17.3 Å². The van der Waals surface area contributed by atoms with Crippen LogP contribution in [0.3, 0.4) is 0 Å². The summed E-state index contributed by atoms with van der Waals surface area (Å²) in [5.74, 6) is 4.03. The first-order valence-electron chi connectivity index (χ1n) is 23.6. The number of hydrogen-bond acceptors (Lipinski definition) is 10. The van der Waals surface area contributed by atoms with Crippen LogP contribution in [-0.4, -0.2) is 165 Å². The van der Waals surface area contributed by atoms with Crippen molar-refractivity contribution in [1.82, 2.24) is 29.4 Å². The molecule has 0 saturated carbocycles. The molecule has 1 aliphatic rings. The topological polar surface area (TPSA) is 19.4 Å². The summed E-state index contributed by atoms with van der Waals surface area (Å²) in [6.07, 6.45) is 9.57. The van der Waals surface area contributed by atoms with E-state index in [2.05, 4.69) is 87.7 Å². The van der Waals surface area contributed by atoms with E-state index in [9.17, 15) is 0 Å². The second-order valence-electron chi connectivity index (χ2n) is 20.4. The molecule has 0 spiro atoms. The molecule has 0 bridgehead atoms. The van der Waals surface area contributed by atoms with E-state index in [0.29, 0.717) is 0 Å². The van der Waals surface area contributed by atoms with Gasteiger partial charge in [0.25, 0.3) is 0 Å². The zero-order chi connectivity index (χ0) is 48.5. The van der Waals surface area contributed by atoms with Crippen molar-refractivity contribution in [2.24, 2.45) is 0 Å². The minimum absolute atomic E-state index is 0.0133. The maximum Gasteiger partial charge on any atom is 0.135 e. The first-order valence-corrected chi connectivity index (χ1v) is 29.2. The van der Waals surface area contributed by atoms with Crippen molar-refractivity contribution in [2.45, 2.75) is 109 Å². The Labute approximate surface area is 436 Å². The zero-order valence-electron chi connectivity index (χ0n) is 42.6. The number of thiocarbonyl (C=S) groups is 4. The fourth-order valence-corrected chi connectivity index (χ4v) is 12.3. The molecule has 0 aliphatic heterocycles. The van der Waals surface area contributed by atoms with E-state index >= 15 is 0 Å². The number of rotatable bonds is 24. The number of hydrogen-bond donors (Lipinski definition) is 0. The molecular formula is C51H84N6S8. The molecule has 0 amide bonds. The third-order valence-corrected chi connectivity index (χ3v) is 19.1. The standard InChI is InChI=1S/C51H84N6S8/c1-49(2,3)39-21-23-41-42-24-22-40(50(4,5)6)38-44(42)51(43(41)37-39,25-17-15-19-27-56(29-33-62-45(58)52(7)8)30-34-63-46(59)53(9)10)26-18-16-20-28-57(31-35-64-47(60)54(11)12)32-36-65-48(61)55(13)14/h21-24,37-38H,15-20,25-36H2,1-14H3. The molecule has 0 N–H and O–H groups in total. The molecule has 2 aromatic rings. The lowest BCUT2D eigenvalue weighted by molar-refractivity contribution is 0.293. The SMILES string of the molecule is CN(C)C(=S)SCCN(CCCCCC1(CCCCCN(CCSC(=S)N(C)C)CCSC(=S)N(C)C)c2cc(C(C)(C)C)ccc2-c2ccc(C(C)(C)C)cc21)CCSC(=S)N(C)C. The summed E-state index contributed by atoms with van der Waals surface area (Å²) in [7, 11) is 16.3. The Balaban J connectivity index is 1.87. The van der Waals surface area contributed by atoms with Crippen LogP contribution in [0.15, 0.2) is 36.4 Å². The number of unbranched alkanes of at least 4 members (excludes halogenated alkanes) is 4. The predicted molar refractivity (Wildman–Crippen MR) is 315 cm³/mol. The Morgan fingerprint density at radius 3 is 0.985 bits per heavy atom. The molecule has 0 aromatic heterocycles. The fourth-order valence-electron chi connectivity index (χ4n) is 8.21. The first-order chi connectivity index (χ1) is 30.5. The molecule has 2 aromatic carbocycles. The van der Waals surface area contributed by atoms with Crippen molar-refractivity contribution in [2.75, 3.05) is 119 Å². The second kappa shape index (κ2) is 28.2. The van der Waals surface area contributed by atoms with Crippen molar-refractivity contribution >= 4 is 113 Å². The van der Waals surface area contributed by atoms with Crippen molar-refractivity contribution in [3.8, 4) is 11.1 Å². The van der Waals surface area contributed by atoms with Gasteiger partial charge in [-0.3, -0.25) is 0 Å². The van der Waals surface area contributed by atoms with E-state index in [1.54, 1.807) is 58.2 Å². The number of benzene rings is 2. The van der Waals surface area contributed by atoms with Crippen LogP contribution >= 0.6 is 95.9 Å². The molecular weight excluding hydrogens is 953 g/mol. The third-order valence-electron chi connectivity index (χ3n) is 12.2. The Kier molecular flexibility index (Phi) is 25.5. The number of thioether (sulfide) groups is 4. The van der Waals surface area contributed by atoms with Crippen LogP contribution in [0.5, 0.6) is 0 Å². The van der Waals surface area contributed by atoms with Gasteiger partial charge in [0.05, 0.1) is 0 Å². The van der Waals surface area contributed by atoms with Crippen LogP contribution in [0.2, 0.25) is 0 Å². The molecule has 6 nitrogen and oxygen atoms in total. The molecule has 366 valence electrons. The molecule has 0 unspecified atom stereocenters. The van der Waals surface area contributed by atoms with Crippen LogP contribution in [0.4, 0.5) is 0 Å². The van der Waals surface area contributed by atoms with Crippen molar-refractivity contribution < 1.29 is 0 Å². The van der Waals surface area contributed by atoms with Gasteiger partial charge in [-0.25, -0.2) is 0 Å². The first kappa shape index (κ1) is 58.6. The maximum absolute atomic E-state index is 5.62. The molecule has 0 fully saturated rings. The highest BCUT2D eigenvalue weighted by Crippen LogP contribution is 2.55. The fraction of sp³-hybridized carbons (Fsp3) is 0.686. The highest BCUT2D eigenvalue weighted by molar-refractivity contribution is 8.24. The van der Waals surface area contributed by atoms with Gasteiger partial charge in [-0.15, -0.1) is 0 Å². The summed E-state index contributed by atoms with van der Waals surface area (Å²) < 4.78 is 3.82. The van der Waals surface area contributed by atoms with Crippen LogP contribution in [0.1, 0.15) is 115 Å². The summed E-state index contributed by atoms with van der Waals surface area (Å²) >= 11 is 29.7. The molecule has 0 saturated heterocycles. The minimum Gasteiger partial charge on any atom is -0.364 e. The molecule has 1 aliphatic carbocycles. The van der Waals surface area contributed by atoms with E-state index in [1.807, 2.05) is 76.0 Å². The van der Waals surface area contributed by atoms with Crippen molar-refractivity contribution in [3.63, 3.8) is 0 Å². The lowest BCUT2D eigenvalue weighted by atomic mass is 9.69. The molecule has 14 heteroatoms. The Hall–Kier alpha value is -0.680. The highest BCUT2D eigenvalue weighted by Gasteiger charge is 2.43. The zero-order valence-corrected chi connectivity index (χ0v) is 49.2. The van der Waals surface area contributed by atoms with Gasteiger partial charge in [-0.2, -0.15) is 0 Å². The van der Waals surface area contributed by atoms with Crippen LogP contribution < -0.4 is 0 Å². The molecule has 0 atom stereocenters. The van der Waals surface area contributed by atoms with E-state index in [-0.39, 0.29) is 16.2 Å². The lowest BCUT2D eigenvalue weighted by Crippen LogP contribution is -2.31. The summed E-state index contributed by atoms with van der Waals surface area (Å²) in [6, 6.07) is 15.0. The van der Waals surface area contributed by atoms with Crippen molar-refractivity contribution in [1.29, 1.82) is 0 Å². The smallest absolute Gasteiger partial charge is 0.135 e. The Morgan fingerprint density at radius 2 is 0.723 bits per heavy atom. The van der Waals surface area contributed by atoms with Crippen LogP contribution in [0.25, 0.3) is 11.1 Å². The van der Waals surface area contributed by atoms with Gasteiger partial charge in [0, 0.05) is 111 Å². The Bertz CT molecular complexity index is 1650. The molecule has 0 radical (unpaired) electrons. The Morgan fingerprint density at radius 1 is 0.431 bits per heavy atom. The third kappa shape index (κ3) is 19.2. The van der Waals surface area contributed by atoms with Gasteiger partial charge in [0.2, 0.25) is 0 Å². The average Bonchev–Trinajstić information content (AvgIpc) is 3.49. The van der Waals surface area contributed by atoms with Gasteiger partial charge in [-0.1, -0.05) is 200 Å². The maximum atomic E-state index is 5.62. The second-order valence-corrected chi connectivity index (χ2v) is 27.4.